The third-order valence-corrected chi connectivity index (χ3v) is 6.72. The van der Waals surface area contributed by atoms with Gasteiger partial charge in [-0.2, -0.15) is 0 Å². The first kappa shape index (κ1) is 21.9. The molecule has 9 heteroatoms. The molecule has 5 aromatic rings. The van der Waals surface area contributed by atoms with Crippen molar-refractivity contribution >= 4 is 49.9 Å². The second-order valence-corrected chi connectivity index (χ2v) is 9.09. The zero-order valence-electron chi connectivity index (χ0n) is 17.5. The molecular weight excluding hydrogens is 473 g/mol. The number of ether oxygens (including phenoxy) is 1. The molecule has 0 atom stereocenters. The van der Waals surface area contributed by atoms with E-state index in [1.54, 1.807) is 35.7 Å². The number of esters is 1. The van der Waals surface area contributed by atoms with E-state index in [0.29, 0.717) is 27.0 Å². The van der Waals surface area contributed by atoms with Gasteiger partial charge in [-0.1, -0.05) is 30.3 Å². The Morgan fingerprint density at radius 3 is 2.53 bits per heavy atom. The molecule has 168 valence electrons. The molecule has 2 aromatic heterocycles. The van der Waals surface area contributed by atoms with Crippen LogP contribution in [-0.4, -0.2) is 28.5 Å². The van der Waals surface area contributed by atoms with E-state index in [2.05, 4.69) is 15.3 Å². The van der Waals surface area contributed by atoms with E-state index in [9.17, 15) is 14.0 Å². The van der Waals surface area contributed by atoms with E-state index in [0.717, 1.165) is 15.8 Å². The van der Waals surface area contributed by atoms with Crippen LogP contribution in [0.2, 0.25) is 0 Å². The van der Waals surface area contributed by atoms with E-state index < -0.39 is 18.5 Å². The van der Waals surface area contributed by atoms with E-state index in [-0.39, 0.29) is 5.82 Å². The molecule has 2 heterocycles. The number of amides is 1. The number of thiazole rings is 2. The molecule has 0 fully saturated rings. The third kappa shape index (κ3) is 4.70. The summed E-state index contributed by atoms with van der Waals surface area (Å²) in [6.45, 7) is -0.460. The largest absolute Gasteiger partial charge is 0.452 e. The Bertz CT molecular complexity index is 1460. The van der Waals surface area contributed by atoms with Crippen LogP contribution in [0.15, 0.2) is 78.2 Å². The van der Waals surface area contributed by atoms with Crippen LogP contribution in [0.5, 0.6) is 0 Å². The van der Waals surface area contributed by atoms with E-state index in [4.69, 9.17) is 4.74 Å². The highest BCUT2D eigenvalue weighted by Crippen LogP contribution is 2.32. The Balaban J connectivity index is 1.24. The van der Waals surface area contributed by atoms with Crippen molar-refractivity contribution in [3.63, 3.8) is 0 Å². The molecule has 6 nitrogen and oxygen atoms in total. The first-order chi connectivity index (χ1) is 16.6. The van der Waals surface area contributed by atoms with Crippen LogP contribution in [0.1, 0.15) is 10.4 Å². The Kier molecular flexibility index (Phi) is 6.11. The van der Waals surface area contributed by atoms with Crippen molar-refractivity contribution in [1.29, 1.82) is 0 Å². The van der Waals surface area contributed by atoms with E-state index in [1.807, 2.05) is 30.3 Å². The number of aromatic nitrogens is 2. The van der Waals surface area contributed by atoms with Gasteiger partial charge in [-0.05, 0) is 42.5 Å². The van der Waals surface area contributed by atoms with Gasteiger partial charge >= 0.3 is 5.97 Å². The summed E-state index contributed by atoms with van der Waals surface area (Å²) in [5.74, 6) is -1.46. The summed E-state index contributed by atoms with van der Waals surface area (Å²) in [5, 5.41) is 5.43. The minimum absolute atomic E-state index is 0.334. The van der Waals surface area contributed by atoms with Crippen LogP contribution in [-0.2, 0) is 9.53 Å². The van der Waals surface area contributed by atoms with Gasteiger partial charge in [0.05, 0.1) is 21.5 Å². The van der Waals surface area contributed by atoms with Crippen molar-refractivity contribution < 1.29 is 18.7 Å². The molecule has 5 rings (SSSR count). The minimum Gasteiger partial charge on any atom is -0.452 e. The molecular formula is C25H16FN3O3S2. The molecule has 0 saturated heterocycles. The first-order valence-electron chi connectivity index (χ1n) is 10.2. The van der Waals surface area contributed by atoms with Gasteiger partial charge in [0.15, 0.2) is 11.7 Å². The number of benzene rings is 3. The number of rotatable bonds is 6. The Hall–Kier alpha value is -3.95. The Labute approximate surface area is 201 Å². The predicted molar refractivity (Wildman–Crippen MR) is 131 cm³/mol. The highest BCUT2D eigenvalue weighted by atomic mass is 32.1. The summed E-state index contributed by atoms with van der Waals surface area (Å²) in [7, 11) is 0. The highest BCUT2D eigenvalue weighted by Gasteiger charge is 2.18. The maximum Gasteiger partial charge on any atom is 0.339 e. The molecule has 0 radical (unpaired) electrons. The van der Waals surface area contributed by atoms with Crippen LogP contribution in [0.25, 0.3) is 32.0 Å². The Morgan fingerprint density at radius 2 is 1.71 bits per heavy atom. The van der Waals surface area contributed by atoms with Gasteiger partial charge in [-0.15, -0.1) is 22.7 Å². The molecule has 0 aliphatic carbocycles. The van der Waals surface area contributed by atoms with Crippen LogP contribution in [0.3, 0.4) is 0 Å². The quantitative estimate of drug-likeness (QED) is 0.295. The standard InChI is InChI=1S/C25H16FN3O3S2/c26-16-11-9-15(10-12-16)20-14-33-25(28-20)29-22(30)13-32-24(31)18-6-2-1-5-17(18)23-27-19-7-3-4-8-21(19)34-23/h1-12,14H,13H2,(H,28,29,30). The second kappa shape index (κ2) is 9.50. The summed E-state index contributed by atoms with van der Waals surface area (Å²) < 4.78 is 19.4. The fraction of sp³-hybridized carbons (Fsp3) is 0.0400. The van der Waals surface area contributed by atoms with Gasteiger partial charge in [-0.25, -0.2) is 19.2 Å². The molecule has 1 N–H and O–H groups in total. The summed E-state index contributed by atoms with van der Waals surface area (Å²) in [6, 6.07) is 20.7. The number of fused-ring (bicyclic) bond motifs is 1. The lowest BCUT2D eigenvalue weighted by Gasteiger charge is -2.08. The van der Waals surface area contributed by atoms with Gasteiger partial charge in [0.25, 0.3) is 5.91 Å². The van der Waals surface area contributed by atoms with Gasteiger partial charge in [0.2, 0.25) is 0 Å². The maximum absolute atomic E-state index is 13.1. The molecule has 0 aliphatic rings. The van der Waals surface area contributed by atoms with Crippen LogP contribution < -0.4 is 5.32 Å². The number of hydrogen-bond acceptors (Lipinski definition) is 7. The molecule has 0 saturated carbocycles. The zero-order valence-corrected chi connectivity index (χ0v) is 19.2. The molecule has 0 aliphatic heterocycles. The van der Waals surface area contributed by atoms with E-state index >= 15 is 0 Å². The zero-order chi connectivity index (χ0) is 23.5. The highest BCUT2D eigenvalue weighted by molar-refractivity contribution is 7.21. The second-order valence-electron chi connectivity index (χ2n) is 7.20. The van der Waals surface area contributed by atoms with Crippen LogP contribution in [0, 0.1) is 5.82 Å². The van der Waals surface area contributed by atoms with Crippen molar-refractivity contribution in [2.75, 3.05) is 11.9 Å². The molecule has 3 aromatic carbocycles. The topological polar surface area (TPSA) is 81.2 Å². The summed E-state index contributed by atoms with van der Waals surface area (Å²) in [5.41, 5.74) is 3.19. The number of nitrogens with zero attached hydrogens (tertiary/aromatic N) is 2. The number of halogens is 1. The fourth-order valence-corrected chi connectivity index (χ4v) is 5.02. The number of nitrogens with one attached hydrogen (secondary N) is 1. The predicted octanol–water partition coefficient (Wildman–Crippen LogP) is 6.02. The van der Waals surface area contributed by atoms with Crippen molar-refractivity contribution in [3.05, 3.63) is 89.6 Å². The van der Waals surface area contributed by atoms with Crippen LogP contribution >= 0.6 is 22.7 Å². The van der Waals surface area contributed by atoms with Crippen molar-refractivity contribution in [2.45, 2.75) is 0 Å². The summed E-state index contributed by atoms with van der Waals surface area (Å²) in [4.78, 5) is 34.0. The number of hydrogen-bond donors (Lipinski definition) is 1. The first-order valence-corrected chi connectivity index (χ1v) is 11.9. The number of para-hydroxylation sites is 1. The van der Waals surface area contributed by atoms with Crippen molar-refractivity contribution in [3.8, 4) is 21.8 Å². The van der Waals surface area contributed by atoms with Gasteiger partial charge < -0.3 is 4.74 Å². The normalized spacial score (nSPS) is 10.9. The number of carbonyl (C=O) groups is 2. The SMILES string of the molecule is O=C(COC(=O)c1ccccc1-c1nc2ccccc2s1)Nc1nc(-c2ccc(F)cc2)cs1. The van der Waals surface area contributed by atoms with Gasteiger partial charge in [0, 0.05) is 16.5 Å². The molecule has 0 spiro atoms. The fourth-order valence-electron chi connectivity index (χ4n) is 3.28. The molecule has 0 unspecified atom stereocenters. The Morgan fingerprint density at radius 1 is 0.941 bits per heavy atom. The summed E-state index contributed by atoms with van der Waals surface area (Å²) >= 11 is 2.71. The molecule has 34 heavy (non-hydrogen) atoms. The lowest BCUT2D eigenvalue weighted by molar-refractivity contribution is -0.119. The van der Waals surface area contributed by atoms with Crippen molar-refractivity contribution in [1.82, 2.24) is 9.97 Å². The summed E-state index contributed by atoms with van der Waals surface area (Å²) in [6.07, 6.45) is 0. The minimum atomic E-state index is -0.615. The number of anilines is 1. The monoisotopic (exact) mass is 489 g/mol. The third-order valence-electron chi connectivity index (χ3n) is 4.90. The van der Waals surface area contributed by atoms with E-state index in [1.165, 1.54) is 34.8 Å². The van der Waals surface area contributed by atoms with Crippen LogP contribution in [0.4, 0.5) is 9.52 Å². The van der Waals surface area contributed by atoms with Gasteiger partial charge in [-0.3, -0.25) is 10.1 Å². The average Bonchev–Trinajstić information content (AvgIpc) is 3.50. The maximum atomic E-state index is 13.1. The van der Waals surface area contributed by atoms with Crippen molar-refractivity contribution in [2.24, 2.45) is 0 Å². The molecule has 1 amide bonds. The lowest BCUT2D eigenvalue weighted by Crippen LogP contribution is -2.21. The molecule has 0 bridgehead atoms. The number of carbonyl (C=O) groups excluding carboxylic acids is 2. The average molecular weight is 490 g/mol. The smallest absolute Gasteiger partial charge is 0.339 e. The van der Waals surface area contributed by atoms with Gasteiger partial charge in [0.1, 0.15) is 10.8 Å². The lowest BCUT2D eigenvalue weighted by atomic mass is 10.1.